The molecule has 5 nitrogen and oxygen atoms in total. The van der Waals surface area contributed by atoms with Gasteiger partial charge in [0.1, 0.15) is 0 Å². The molecule has 0 bridgehead atoms. The number of hydrogen-bond acceptors (Lipinski definition) is 3. The zero-order valence-electron chi connectivity index (χ0n) is 13.8. The second kappa shape index (κ2) is 7.79. The van der Waals surface area contributed by atoms with Gasteiger partial charge in [-0.15, -0.1) is 0 Å². The second-order valence-corrected chi connectivity index (χ2v) is 6.88. The standard InChI is InChI=1S/C19H25NO4/c21-18(14-6-8-15(9-7-14)19(22)23)20-12-16-10-11-24-17(16)13-4-2-1-3-5-13/h1-5,14-17H,6-12H2,(H,20,21)(H,22,23)/t14?,15?,16-,17-/m0/s1. The minimum absolute atomic E-state index is 0.0434. The van der Waals surface area contributed by atoms with Gasteiger partial charge in [-0.05, 0) is 37.7 Å². The van der Waals surface area contributed by atoms with Gasteiger partial charge in [0.2, 0.25) is 5.91 Å². The lowest BCUT2D eigenvalue weighted by Gasteiger charge is -2.26. The highest BCUT2D eigenvalue weighted by molar-refractivity contribution is 5.79. The number of ether oxygens (including phenoxy) is 1. The predicted octanol–water partition coefficient (Wildman–Crippen LogP) is 2.77. The third-order valence-electron chi connectivity index (χ3n) is 5.33. The minimum atomic E-state index is -0.734. The van der Waals surface area contributed by atoms with E-state index in [2.05, 4.69) is 17.4 Å². The first-order valence-corrected chi connectivity index (χ1v) is 8.82. The van der Waals surface area contributed by atoms with Gasteiger partial charge in [-0.25, -0.2) is 0 Å². The molecule has 0 spiro atoms. The number of benzene rings is 1. The molecule has 1 aliphatic carbocycles. The predicted molar refractivity (Wildman–Crippen MR) is 89.3 cm³/mol. The van der Waals surface area contributed by atoms with Crippen molar-refractivity contribution in [3.63, 3.8) is 0 Å². The summed E-state index contributed by atoms with van der Waals surface area (Å²) in [5.74, 6) is -0.690. The summed E-state index contributed by atoms with van der Waals surface area (Å²) >= 11 is 0. The molecule has 0 unspecified atom stereocenters. The van der Waals surface area contributed by atoms with E-state index >= 15 is 0 Å². The van der Waals surface area contributed by atoms with Crippen LogP contribution in [-0.4, -0.2) is 30.1 Å². The number of carboxylic acid groups (broad SMARTS) is 1. The van der Waals surface area contributed by atoms with Gasteiger partial charge in [-0.1, -0.05) is 30.3 Å². The Morgan fingerprint density at radius 3 is 2.38 bits per heavy atom. The fraction of sp³-hybridized carbons (Fsp3) is 0.579. The number of hydrogen-bond donors (Lipinski definition) is 2. The normalized spacial score (nSPS) is 30.0. The molecule has 0 aromatic heterocycles. The van der Waals surface area contributed by atoms with Crippen molar-refractivity contribution in [1.82, 2.24) is 5.32 Å². The molecular formula is C19H25NO4. The first-order chi connectivity index (χ1) is 11.6. The van der Waals surface area contributed by atoms with Crippen LogP contribution in [-0.2, 0) is 14.3 Å². The molecule has 3 rings (SSSR count). The van der Waals surface area contributed by atoms with Crippen molar-refractivity contribution < 1.29 is 19.4 Å². The summed E-state index contributed by atoms with van der Waals surface area (Å²) in [6.07, 6.45) is 3.55. The van der Waals surface area contributed by atoms with Crippen LogP contribution < -0.4 is 5.32 Å². The van der Waals surface area contributed by atoms with Crippen LogP contribution >= 0.6 is 0 Å². The summed E-state index contributed by atoms with van der Waals surface area (Å²) in [7, 11) is 0. The summed E-state index contributed by atoms with van der Waals surface area (Å²) in [5, 5.41) is 12.1. The maximum Gasteiger partial charge on any atom is 0.306 e. The summed E-state index contributed by atoms with van der Waals surface area (Å²) in [4.78, 5) is 23.4. The summed E-state index contributed by atoms with van der Waals surface area (Å²) in [6, 6.07) is 10.1. The van der Waals surface area contributed by atoms with Crippen molar-refractivity contribution in [2.24, 2.45) is 17.8 Å². The SMILES string of the molecule is O=C(O)C1CCC(C(=O)NC[C@@H]2CCO[C@H]2c2ccccc2)CC1. The van der Waals surface area contributed by atoms with Gasteiger partial charge in [0.05, 0.1) is 12.0 Å². The molecule has 5 heteroatoms. The summed E-state index contributed by atoms with van der Waals surface area (Å²) in [5.41, 5.74) is 1.16. The van der Waals surface area contributed by atoms with Crippen molar-refractivity contribution in [1.29, 1.82) is 0 Å². The fourth-order valence-electron chi connectivity index (χ4n) is 3.83. The number of rotatable bonds is 5. The molecule has 130 valence electrons. The lowest BCUT2D eigenvalue weighted by Crippen LogP contribution is -2.37. The highest BCUT2D eigenvalue weighted by Gasteiger charge is 2.32. The van der Waals surface area contributed by atoms with Gasteiger partial charge < -0.3 is 15.2 Å². The Morgan fingerprint density at radius 1 is 1.04 bits per heavy atom. The van der Waals surface area contributed by atoms with E-state index in [1.807, 2.05) is 18.2 Å². The zero-order chi connectivity index (χ0) is 16.9. The van der Waals surface area contributed by atoms with E-state index in [1.54, 1.807) is 0 Å². The lowest BCUT2D eigenvalue weighted by atomic mass is 9.81. The number of amides is 1. The lowest BCUT2D eigenvalue weighted by molar-refractivity contribution is -0.144. The van der Waals surface area contributed by atoms with E-state index in [1.165, 1.54) is 0 Å². The van der Waals surface area contributed by atoms with Crippen LogP contribution in [0.2, 0.25) is 0 Å². The van der Waals surface area contributed by atoms with Crippen molar-refractivity contribution >= 4 is 11.9 Å². The zero-order valence-corrected chi connectivity index (χ0v) is 13.8. The van der Waals surface area contributed by atoms with Crippen LogP contribution in [0.25, 0.3) is 0 Å². The molecule has 2 fully saturated rings. The largest absolute Gasteiger partial charge is 0.481 e. The Bertz CT molecular complexity index is 566. The molecule has 2 N–H and O–H groups in total. The van der Waals surface area contributed by atoms with Crippen LogP contribution in [0.4, 0.5) is 0 Å². The highest BCUT2D eigenvalue weighted by atomic mass is 16.5. The molecule has 24 heavy (non-hydrogen) atoms. The highest BCUT2D eigenvalue weighted by Crippen LogP contribution is 2.34. The second-order valence-electron chi connectivity index (χ2n) is 6.88. The van der Waals surface area contributed by atoms with Gasteiger partial charge in [0.25, 0.3) is 0 Å². The smallest absolute Gasteiger partial charge is 0.306 e. The van der Waals surface area contributed by atoms with E-state index in [0.29, 0.717) is 38.1 Å². The molecule has 1 amide bonds. The van der Waals surface area contributed by atoms with E-state index in [0.717, 1.165) is 18.6 Å². The first kappa shape index (κ1) is 17.0. The Hall–Kier alpha value is -1.88. The van der Waals surface area contributed by atoms with Crippen molar-refractivity contribution in [2.75, 3.05) is 13.2 Å². The average Bonchev–Trinajstić information content (AvgIpc) is 3.09. The van der Waals surface area contributed by atoms with E-state index in [4.69, 9.17) is 9.84 Å². The Balaban J connectivity index is 1.48. The Labute approximate surface area is 142 Å². The maximum absolute atomic E-state index is 12.4. The van der Waals surface area contributed by atoms with E-state index in [-0.39, 0.29) is 23.8 Å². The third kappa shape index (κ3) is 3.96. The van der Waals surface area contributed by atoms with Gasteiger partial charge >= 0.3 is 5.97 Å². The molecule has 2 atom stereocenters. The number of carbonyl (C=O) groups is 2. The van der Waals surface area contributed by atoms with Crippen LogP contribution in [0.1, 0.15) is 43.8 Å². The summed E-state index contributed by atoms with van der Waals surface area (Å²) in [6.45, 7) is 1.35. The van der Waals surface area contributed by atoms with Gasteiger partial charge in [-0.2, -0.15) is 0 Å². The van der Waals surface area contributed by atoms with E-state index < -0.39 is 5.97 Å². The third-order valence-corrected chi connectivity index (χ3v) is 5.33. The Morgan fingerprint density at radius 2 is 1.71 bits per heavy atom. The number of nitrogens with one attached hydrogen (secondary N) is 1. The van der Waals surface area contributed by atoms with Gasteiger partial charge in [0, 0.05) is 25.0 Å². The molecule has 1 saturated carbocycles. The molecular weight excluding hydrogens is 306 g/mol. The number of aliphatic carboxylic acids is 1. The quantitative estimate of drug-likeness (QED) is 0.870. The molecule has 0 radical (unpaired) electrons. The Kier molecular flexibility index (Phi) is 5.51. The van der Waals surface area contributed by atoms with E-state index in [9.17, 15) is 9.59 Å². The topological polar surface area (TPSA) is 75.6 Å². The monoisotopic (exact) mass is 331 g/mol. The molecule has 2 aliphatic rings. The molecule has 1 aromatic carbocycles. The summed E-state index contributed by atoms with van der Waals surface area (Å²) < 4.78 is 5.85. The van der Waals surface area contributed by atoms with Crippen LogP contribution in [0.15, 0.2) is 30.3 Å². The van der Waals surface area contributed by atoms with Crippen LogP contribution in [0.3, 0.4) is 0 Å². The van der Waals surface area contributed by atoms with Crippen LogP contribution in [0.5, 0.6) is 0 Å². The van der Waals surface area contributed by atoms with Gasteiger partial charge in [-0.3, -0.25) is 9.59 Å². The minimum Gasteiger partial charge on any atom is -0.481 e. The molecule has 1 saturated heterocycles. The fourth-order valence-corrected chi connectivity index (χ4v) is 3.83. The van der Waals surface area contributed by atoms with Crippen molar-refractivity contribution in [3.05, 3.63) is 35.9 Å². The van der Waals surface area contributed by atoms with Crippen molar-refractivity contribution in [2.45, 2.75) is 38.2 Å². The first-order valence-electron chi connectivity index (χ1n) is 8.82. The average molecular weight is 331 g/mol. The van der Waals surface area contributed by atoms with Crippen molar-refractivity contribution in [3.8, 4) is 0 Å². The van der Waals surface area contributed by atoms with Gasteiger partial charge in [0.15, 0.2) is 0 Å². The maximum atomic E-state index is 12.4. The van der Waals surface area contributed by atoms with Crippen LogP contribution in [0, 0.1) is 17.8 Å². The molecule has 1 heterocycles. The number of carboxylic acids is 1. The molecule has 1 aromatic rings. The molecule has 1 aliphatic heterocycles. The number of carbonyl (C=O) groups excluding carboxylic acids is 1.